The largest absolute Gasteiger partial charge is 0.479 e. The van der Waals surface area contributed by atoms with Gasteiger partial charge < -0.3 is 10.4 Å². The molecule has 3 nitrogen and oxygen atoms in total. The van der Waals surface area contributed by atoms with Crippen LogP contribution in [0.5, 0.6) is 0 Å². The van der Waals surface area contributed by atoms with Crippen LogP contribution in [-0.2, 0) is 4.79 Å². The van der Waals surface area contributed by atoms with E-state index < -0.39 is 17.8 Å². The Labute approximate surface area is 124 Å². The van der Waals surface area contributed by atoms with Crippen LogP contribution < -0.4 is 5.32 Å². The number of carboxylic acid groups (broad SMARTS) is 1. The Morgan fingerprint density at radius 3 is 2.76 bits per heavy atom. The van der Waals surface area contributed by atoms with Crippen molar-refractivity contribution in [2.75, 3.05) is 5.32 Å². The summed E-state index contributed by atoms with van der Waals surface area (Å²) in [6, 6.07) is 12.5. The van der Waals surface area contributed by atoms with Gasteiger partial charge in [0.2, 0.25) is 0 Å². The molecular formula is C16H12FNO2S. The molecule has 1 unspecified atom stereocenters. The zero-order chi connectivity index (χ0) is 14.8. The number of carboxylic acids is 1. The summed E-state index contributed by atoms with van der Waals surface area (Å²) in [4.78, 5) is 11.6. The second-order valence-corrected chi connectivity index (χ2v) is 5.52. The lowest BCUT2D eigenvalue weighted by Crippen LogP contribution is -2.20. The highest BCUT2D eigenvalue weighted by atomic mass is 32.1. The molecule has 21 heavy (non-hydrogen) atoms. The Morgan fingerprint density at radius 1 is 1.19 bits per heavy atom. The van der Waals surface area contributed by atoms with E-state index in [1.165, 1.54) is 23.5 Å². The van der Waals surface area contributed by atoms with Crippen LogP contribution in [0.2, 0.25) is 0 Å². The summed E-state index contributed by atoms with van der Waals surface area (Å²) < 4.78 is 14.3. The van der Waals surface area contributed by atoms with E-state index in [4.69, 9.17) is 0 Å². The molecular weight excluding hydrogens is 289 g/mol. The molecule has 5 heteroatoms. The molecule has 0 saturated heterocycles. The first-order valence-electron chi connectivity index (χ1n) is 6.36. The van der Waals surface area contributed by atoms with Crippen LogP contribution in [0.3, 0.4) is 0 Å². The van der Waals surface area contributed by atoms with Crippen LogP contribution in [0.1, 0.15) is 11.6 Å². The summed E-state index contributed by atoms with van der Waals surface area (Å²) in [6.07, 6.45) is 0. The van der Waals surface area contributed by atoms with E-state index in [1.807, 2.05) is 29.6 Å². The summed E-state index contributed by atoms with van der Waals surface area (Å²) in [5, 5.41) is 15.1. The number of hydrogen-bond acceptors (Lipinski definition) is 3. The van der Waals surface area contributed by atoms with E-state index in [2.05, 4.69) is 5.32 Å². The van der Waals surface area contributed by atoms with Gasteiger partial charge in [0.15, 0.2) is 6.04 Å². The second kappa shape index (κ2) is 5.54. The Morgan fingerprint density at radius 2 is 2.00 bits per heavy atom. The number of aliphatic carboxylic acids is 1. The Hall–Kier alpha value is -2.40. The Balaban J connectivity index is 2.00. The third kappa shape index (κ3) is 2.73. The number of rotatable bonds is 4. The van der Waals surface area contributed by atoms with Crippen LogP contribution in [-0.4, -0.2) is 11.1 Å². The Kier molecular flexibility index (Phi) is 3.58. The molecule has 0 aliphatic heterocycles. The average Bonchev–Trinajstić information content (AvgIpc) is 2.88. The molecule has 0 saturated carbocycles. The lowest BCUT2D eigenvalue weighted by molar-refractivity contribution is -0.138. The van der Waals surface area contributed by atoms with Gasteiger partial charge >= 0.3 is 5.97 Å². The number of hydrogen-bond donors (Lipinski definition) is 2. The van der Waals surface area contributed by atoms with Gasteiger partial charge in [-0.2, -0.15) is 0 Å². The number of thiophene rings is 1. The van der Waals surface area contributed by atoms with Crippen molar-refractivity contribution < 1.29 is 14.3 Å². The molecule has 0 radical (unpaired) electrons. The zero-order valence-electron chi connectivity index (χ0n) is 10.9. The summed E-state index contributed by atoms with van der Waals surface area (Å²) in [5.74, 6) is -1.40. The standard InChI is InChI=1S/C16H12FNO2S/c17-10-4-3-5-11(8-10)18-15(16(19)20)13-9-21-14-7-2-1-6-12(13)14/h1-9,15,18H,(H,19,20). The number of anilines is 1. The van der Waals surface area contributed by atoms with Crippen LogP contribution >= 0.6 is 11.3 Å². The number of fused-ring (bicyclic) bond motifs is 1. The highest BCUT2D eigenvalue weighted by molar-refractivity contribution is 7.17. The molecule has 0 amide bonds. The topological polar surface area (TPSA) is 49.3 Å². The third-order valence-electron chi connectivity index (χ3n) is 3.20. The van der Waals surface area contributed by atoms with Crippen molar-refractivity contribution >= 4 is 33.1 Å². The molecule has 2 N–H and O–H groups in total. The lowest BCUT2D eigenvalue weighted by atomic mass is 10.1. The maximum Gasteiger partial charge on any atom is 0.330 e. The predicted molar refractivity (Wildman–Crippen MR) is 82.2 cm³/mol. The normalized spacial score (nSPS) is 12.2. The minimum atomic E-state index is -0.997. The molecule has 1 aromatic heterocycles. The minimum Gasteiger partial charge on any atom is -0.479 e. The van der Waals surface area contributed by atoms with Gasteiger partial charge in [0.05, 0.1) is 0 Å². The van der Waals surface area contributed by atoms with Crippen molar-refractivity contribution in [2.24, 2.45) is 0 Å². The Bertz CT molecular complexity index is 800. The van der Waals surface area contributed by atoms with Gasteiger partial charge in [-0.3, -0.25) is 0 Å². The summed E-state index contributed by atoms with van der Waals surface area (Å²) in [6.45, 7) is 0. The zero-order valence-corrected chi connectivity index (χ0v) is 11.7. The third-order valence-corrected chi connectivity index (χ3v) is 4.19. The number of nitrogens with one attached hydrogen (secondary N) is 1. The fourth-order valence-corrected chi connectivity index (χ4v) is 3.23. The van der Waals surface area contributed by atoms with Gasteiger partial charge in [0, 0.05) is 16.0 Å². The van der Waals surface area contributed by atoms with Crippen molar-refractivity contribution in [2.45, 2.75) is 6.04 Å². The van der Waals surface area contributed by atoms with Crippen molar-refractivity contribution in [3.8, 4) is 0 Å². The van der Waals surface area contributed by atoms with Gasteiger partial charge in [-0.1, -0.05) is 24.3 Å². The fourth-order valence-electron chi connectivity index (χ4n) is 2.24. The lowest BCUT2D eigenvalue weighted by Gasteiger charge is -2.15. The molecule has 0 aliphatic rings. The van der Waals surface area contributed by atoms with Gasteiger partial charge in [0.25, 0.3) is 0 Å². The smallest absolute Gasteiger partial charge is 0.330 e. The van der Waals surface area contributed by atoms with Crippen LogP contribution in [0.4, 0.5) is 10.1 Å². The molecule has 0 bridgehead atoms. The van der Waals surface area contributed by atoms with Crippen LogP contribution in [0, 0.1) is 5.82 Å². The van der Waals surface area contributed by atoms with E-state index in [1.54, 1.807) is 12.1 Å². The molecule has 106 valence electrons. The minimum absolute atomic E-state index is 0.403. The molecule has 1 heterocycles. The average molecular weight is 301 g/mol. The molecule has 3 aromatic rings. The quantitative estimate of drug-likeness (QED) is 0.756. The van der Waals surface area contributed by atoms with E-state index >= 15 is 0 Å². The molecule has 0 fully saturated rings. The predicted octanol–water partition coefficient (Wildman–Crippen LogP) is 4.28. The SMILES string of the molecule is O=C(O)C(Nc1cccc(F)c1)c1csc2ccccc12. The van der Waals surface area contributed by atoms with Gasteiger partial charge in [0.1, 0.15) is 5.82 Å². The van der Waals surface area contributed by atoms with E-state index in [-0.39, 0.29) is 0 Å². The number of carbonyl (C=O) groups is 1. The van der Waals surface area contributed by atoms with Crippen molar-refractivity contribution in [1.29, 1.82) is 0 Å². The maximum atomic E-state index is 13.2. The summed E-state index contributed by atoms with van der Waals surface area (Å²) in [5.41, 5.74) is 1.13. The summed E-state index contributed by atoms with van der Waals surface area (Å²) >= 11 is 1.50. The van der Waals surface area contributed by atoms with E-state index in [0.29, 0.717) is 11.3 Å². The van der Waals surface area contributed by atoms with Gasteiger partial charge in [-0.05, 0) is 35.0 Å². The maximum absolute atomic E-state index is 13.2. The first kappa shape index (κ1) is 13.6. The van der Waals surface area contributed by atoms with E-state index in [9.17, 15) is 14.3 Å². The van der Waals surface area contributed by atoms with E-state index in [0.717, 1.165) is 10.1 Å². The van der Waals surface area contributed by atoms with Gasteiger partial charge in [-0.15, -0.1) is 11.3 Å². The second-order valence-electron chi connectivity index (χ2n) is 4.61. The molecule has 0 aliphatic carbocycles. The first-order valence-corrected chi connectivity index (χ1v) is 7.24. The molecule has 0 spiro atoms. The fraction of sp³-hybridized carbons (Fsp3) is 0.0625. The highest BCUT2D eigenvalue weighted by Gasteiger charge is 2.23. The van der Waals surface area contributed by atoms with Crippen molar-refractivity contribution in [3.63, 3.8) is 0 Å². The van der Waals surface area contributed by atoms with Crippen molar-refractivity contribution in [1.82, 2.24) is 0 Å². The monoisotopic (exact) mass is 301 g/mol. The summed E-state index contributed by atoms with van der Waals surface area (Å²) in [7, 11) is 0. The van der Waals surface area contributed by atoms with Crippen molar-refractivity contribution in [3.05, 3.63) is 65.3 Å². The molecule has 3 rings (SSSR count). The van der Waals surface area contributed by atoms with Gasteiger partial charge in [-0.25, -0.2) is 9.18 Å². The highest BCUT2D eigenvalue weighted by Crippen LogP contribution is 2.32. The number of halogens is 1. The van der Waals surface area contributed by atoms with Crippen LogP contribution in [0.25, 0.3) is 10.1 Å². The molecule has 1 atom stereocenters. The molecule has 2 aromatic carbocycles. The first-order chi connectivity index (χ1) is 10.1. The van der Waals surface area contributed by atoms with Crippen LogP contribution in [0.15, 0.2) is 53.9 Å². The number of benzene rings is 2.